The van der Waals surface area contributed by atoms with E-state index in [9.17, 15) is 22.8 Å². The molecule has 6 nitrogen and oxygen atoms in total. The fraction of sp³-hybridized carbons (Fsp3) is 0.476. The number of carbonyl (C=O) groups is 2. The van der Waals surface area contributed by atoms with Crippen molar-refractivity contribution in [3.05, 3.63) is 51.0 Å². The molecule has 3 rings (SSSR count). The molecule has 32 heavy (non-hydrogen) atoms. The van der Waals surface area contributed by atoms with Gasteiger partial charge in [-0.3, -0.25) is 9.59 Å². The highest BCUT2D eigenvalue weighted by Gasteiger charge is 2.30. The molecule has 1 aromatic heterocycles. The molecule has 0 radical (unpaired) electrons. The third-order valence-corrected chi connectivity index (χ3v) is 6.49. The summed E-state index contributed by atoms with van der Waals surface area (Å²) in [5.74, 6) is -0.443. The van der Waals surface area contributed by atoms with Crippen LogP contribution in [0.3, 0.4) is 0 Å². The molecule has 11 heteroatoms. The summed E-state index contributed by atoms with van der Waals surface area (Å²) in [4.78, 5) is 28.6. The molecule has 1 N–H and O–H groups in total. The Morgan fingerprint density at radius 1 is 1.22 bits per heavy atom. The molecule has 0 atom stereocenters. The Bertz CT molecular complexity index is 971. The van der Waals surface area contributed by atoms with Crippen LogP contribution in [0.2, 0.25) is 5.28 Å². The molecule has 1 aromatic carbocycles. The van der Waals surface area contributed by atoms with E-state index >= 15 is 0 Å². The summed E-state index contributed by atoms with van der Waals surface area (Å²) in [5, 5.41) is 2.92. The SMILES string of the molecule is COC(=O)C1CCC(CNC(=O)c2c(Br)nc(Cl)n2Cc2ccc(C(F)(F)F)cc2)CC1. The number of hydrogen-bond acceptors (Lipinski definition) is 4. The number of carbonyl (C=O) groups excluding carboxylic acids is 2. The number of aromatic nitrogens is 2. The first-order chi connectivity index (χ1) is 15.1. The van der Waals surface area contributed by atoms with Gasteiger partial charge >= 0.3 is 12.1 Å². The molecule has 0 unspecified atom stereocenters. The van der Waals surface area contributed by atoms with E-state index in [2.05, 4.69) is 26.2 Å². The molecular weight excluding hydrogens is 515 g/mol. The van der Waals surface area contributed by atoms with E-state index in [4.69, 9.17) is 16.3 Å². The maximum Gasteiger partial charge on any atom is 0.416 e. The molecule has 1 heterocycles. The third-order valence-electron chi connectivity index (χ3n) is 5.65. The van der Waals surface area contributed by atoms with E-state index in [1.165, 1.54) is 23.8 Å². The average Bonchev–Trinajstić information content (AvgIpc) is 3.04. The van der Waals surface area contributed by atoms with Crippen LogP contribution in [0.15, 0.2) is 28.9 Å². The number of hydrogen-bond donors (Lipinski definition) is 1. The lowest BCUT2D eigenvalue weighted by molar-refractivity contribution is -0.146. The van der Waals surface area contributed by atoms with E-state index in [0.717, 1.165) is 25.0 Å². The van der Waals surface area contributed by atoms with Gasteiger partial charge in [-0.2, -0.15) is 13.2 Å². The van der Waals surface area contributed by atoms with Gasteiger partial charge in [0.05, 0.1) is 25.1 Å². The van der Waals surface area contributed by atoms with E-state index in [1.807, 2.05) is 0 Å². The van der Waals surface area contributed by atoms with E-state index in [1.54, 1.807) is 0 Å². The van der Waals surface area contributed by atoms with Gasteiger partial charge in [-0.1, -0.05) is 12.1 Å². The van der Waals surface area contributed by atoms with Gasteiger partial charge in [0, 0.05) is 6.54 Å². The Balaban J connectivity index is 1.64. The summed E-state index contributed by atoms with van der Waals surface area (Å²) in [6.07, 6.45) is -1.39. The van der Waals surface area contributed by atoms with Crippen LogP contribution < -0.4 is 5.32 Å². The summed E-state index contributed by atoms with van der Waals surface area (Å²) >= 11 is 9.41. The molecule has 0 bridgehead atoms. The van der Waals surface area contributed by atoms with Crippen LogP contribution in [0.25, 0.3) is 0 Å². The quantitative estimate of drug-likeness (QED) is 0.523. The molecule has 0 aliphatic heterocycles. The van der Waals surface area contributed by atoms with Crippen LogP contribution in [0.4, 0.5) is 13.2 Å². The Kier molecular flexibility index (Phi) is 7.87. The van der Waals surface area contributed by atoms with E-state index < -0.39 is 17.6 Å². The number of rotatable bonds is 6. The molecular formula is C21H22BrClF3N3O3. The maximum atomic E-state index is 12.9. The third kappa shape index (κ3) is 5.83. The second-order valence-corrected chi connectivity index (χ2v) is 8.84. The van der Waals surface area contributed by atoms with Crippen molar-refractivity contribution in [3.8, 4) is 0 Å². The zero-order valence-corrected chi connectivity index (χ0v) is 19.6. The fourth-order valence-corrected chi connectivity index (χ4v) is 4.72. The number of halogens is 5. The van der Waals surface area contributed by atoms with Crippen molar-refractivity contribution in [2.24, 2.45) is 11.8 Å². The van der Waals surface area contributed by atoms with Crippen LogP contribution in [-0.4, -0.2) is 35.1 Å². The summed E-state index contributed by atoms with van der Waals surface area (Å²) < 4.78 is 44.8. The summed E-state index contributed by atoms with van der Waals surface area (Å²) in [5.41, 5.74) is -0.0165. The van der Waals surface area contributed by atoms with Gasteiger partial charge in [0.2, 0.25) is 5.28 Å². The van der Waals surface area contributed by atoms with Crippen molar-refractivity contribution >= 4 is 39.4 Å². The highest BCUT2D eigenvalue weighted by atomic mass is 79.9. The number of methoxy groups -OCH3 is 1. The fourth-order valence-electron chi connectivity index (χ4n) is 3.83. The first kappa shape index (κ1) is 24.6. The summed E-state index contributed by atoms with van der Waals surface area (Å²) in [7, 11) is 1.38. The number of imidazole rings is 1. The minimum atomic E-state index is -4.42. The minimum absolute atomic E-state index is 0.0421. The number of ether oxygens (including phenoxy) is 1. The highest BCUT2D eigenvalue weighted by Crippen LogP contribution is 2.31. The lowest BCUT2D eigenvalue weighted by Gasteiger charge is -2.27. The molecule has 1 aliphatic rings. The van der Waals surface area contributed by atoms with Gasteiger partial charge in [0.1, 0.15) is 10.3 Å². The smallest absolute Gasteiger partial charge is 0.416 e. The first-order valence-electron chi connectivity index (χ1n) is 10.0. The van der Waals surface area contributed by atoms with Crippen LogP contribution in [0, 0.1) is 11.8 Å². The Morgan fingerprint density at radius 2 is 1.84 bits per heavy atom. The highest BCUT2D eigenvalue weighted by molar-refractivity contribution is 9.10. The monoisotopic (exact) mass is 535 g/mol. The van der Waals surface area contributed by atoms with Crippen LogP contribution in [0.1, 0.15) is 47.3 Å². The van der Waals surface area contributed by atoms with Gasteiger partial charge in [0.25, 0.3) is 5.91 Å². The number of nitrogens with zero attached hydrogens (tertiary/aromatic N) is 2. The zero-order valence-electron chi connectivity index (χ0n) is 17.2. The van der Waals surface area contributed by atoms with Gasteiger partial charge in [0.15, 0.2) is 0 Å². The lowest BCUT2D eigenvalue weighted by Crippen LogP contribution is -2.34. The lowest BCUT2D eigenvalue weighted by atomic mass is 9.82. The molecule has 1 amide bonds. The second-order valence-electron chi connectivity index (χ2n) is 7.75. The Labute approximate surface area is 196 Å². The predicted molar refractivity (Wildman–Crippen MR) is 115 cm³/mol. The summed E-state index contributed by atoms with van der Waals surface area (Å²) in [6.45, 7) is 0.519. The van der Waals surface area contributed by atoms with Crippen molar-refractivity contribution < 1.29 is 27.5 Å². The normalized spacial score (nSPS) is 18.9. The number of amides is 1. The molecule has 1 aliphatic carbocycles. The largest absolute Gasteiger partial charge is 0.469 e. The molecule has 0 spiro atoms. The average molecular weight is 537 g/mol. The van der Waals surface area contributed by atoms with Gasteiger partial charge in [-0.05, 0) is 76.8 Å². The van der Waals surface area contributed by atoms with Crippen LogP contribution >= 0.6 is 27.5 Å². The zero-order chi connectivity index (χ0) is 23.5. The minimum Gasteiger partial charge on any atom is -0.469 e. The molecule has 1 saturated carbocycles. The molecule has 0 saturated heterocycles. The topological polar surface area (TPSA) is 73.2 Å². The molecule has 1 fully saturated rings. The number of alkyl halides is 3. The molecule has 2 aromatic rings. The predicted octanol–water partition coefficient (Wildman–Crippen LogP) is 5.08. The standard InChI is InChI=1S/C21H22BrClF3N3O3/c1-32-19(31)14-6-2-12(3-7-14)10-27-18(30)16-17(22)28-20(23)29(16)11-13-4-8-15(9-5-13)21(24,25)26/h4-5,8-9,12,14H,2-3,6-7,10-11H2,1H3,(H,27,30). The maximum absolute atomic E-state index is 12.9. The van der Waals surface area contributed by atoms with Crippen molar-refractivity contribution in [1.82, 2.24) is 14.9 Å². The van der Waals surface area contributed by atoms with Crippen LogP contribution in [0.5, 0.6) is 0 Å². The van der Waals surface area contributed by atoms with Crippen molar-refractivity contribution in [3.63, 3.8) is 0 Å². The van der Waals surface area contributed by atoms with E-state index in [0.29, 0.717) is 24.9 Å². The number of benzene rings is 1. The van der Waals surface area contributed by atoms with Gasteiger partial charge < -0.3 is 14.6 Å². The second kappa shape index (κ2) is 10.2. The Hall–Kier alpha value is -2.07. The first-order valence-corrected chi connectivity index (χ1v) is 11.2. The van der Waals surface area contributed by atoms with Crippen molar-refractivity contribution in [2.75, 3.05) is 13.7 Å². The summed E-state index contributed by atoms with van der Waals surface area (Å²) in [6, 6.07) is 4.65. The van der Waals surface area contributed by atoms with Crippen molar-refractivity contribution in [1.29, 1.82) is 0 Å². The van der Waals surface area contributed by atoms with Crippen LogP contribution in [-0.2, 0) is 22.3 Å². The Morgan fingerprint density at radius 3 is 2.41 bits per heavy atom. The van der Waals surface area contributed by atoms with Gasteiger partial charge in [-0.15, -0.1) is 0 Å². The number of esters is 1. The van der Waals surface area contributed by atoms with E-state index in [-0.39, 0.29) is 39.9 Å². The molecule has 174 valence electrons. The number of nitrogens with one attached hydrogen (secondary N) is 1. The van der Waals surface area contributed by atoms with Crippen molar-refractivity contribution in [2.45, 2.75) is 38.4 Å². The van der Waals surface area contributed by atoms with Gasteiger partial charge in [-0.25, -0.2) is 4.98 Å².